The molecule has 3 aromatic heterocycles. The summed E-state index contributed by atoms with van der Waals surface area (Å²) in [5.74, 6) is -0.280. The normalized spacial score (nSPS) is 11.2. The van der Waals surface area contributed by atoms with Crippen LogP contribution in [0.25, 0.3) is 26.4 Å². The number of nitro groups is 1. The maximum atomic E-state index is 12.8. The van der Waals surface area contributed by atoms with Crippen molar-refractivity contribution >= 4 is 54.6 Å². The molecular weight excluding hydrogens is 422 g/mol. The van der Waals surface area contributed by atoms with Crippen LogP contribution in [0.1, 0.15) is 15.4 Å². The fraction of sp³-hybridized carbons (Fsp3) is 0.0500. The van der Waals surface area contributed by atoms with E-state index in [9.17, 15) is 14.9 Å². The number of non-ortho nitro benzene ring substituents is 1. The van der Waals surface area contributed by atoms with E-state index in [-0.39, 0.29) is 11.6 Å². The van der Waals surface area contributed by atoms with E-state index in [0.29, 0.717) is 20.2 Å². The summed E-state index contributed by atoms with van der Waals surface area (Å²) in [6.07, 6.45) is 1.92. The Morgan fingerprint density at radius 3 is 2.67 bits per heavy atom. The Balaban J connectivity index is 1.43. The molecule has 5 rings (SSSR count). The summed E-state index contributed by atoms with van der Waals surface area (Å²) in [5, 5.41) is 14.1. The molecule has 8 nitrogen and oxygen atoms in total. The SMILES string of the molecule is Cc1c(C(=O)Nc2nc3ccc([N+](=O)[O-])cc3s2)sc2nc(-c3ccccc3)cn12. The molecule has 30 heavy (non-hydrogen) atoms. The van der Waals surface area contributed by atoms with Gasteiger partial charge >= 0.3 is 0 Å². The maximum Gasteiger partial charge on any atom is 0.270 e. The molecule has 10 heteroatoms. The molecule has 1 amide bonds. The van der Waals surface area contributed by atoms with Gasteiger partial charge < -0.3 is 0 Å². The number of hydrogen-bond acceptors (Lipinski definition) is 7. The van der Waals surface area contributed by atoms with Crippen LogP contribution in [0.5, 0.6) is 0 Å². The van der Waals surface area contributed by atoms with Crippen LogP contribution in [0.15, 0.2) is 54.7 Å². The third-order valence-corrected chi connectivity index (χ3v) is 6.73. The molecule has 0 aliphatic rings. The van der Waals surface area contributed by atoms with Gasteiger partial charge in [0.15, 0.2) is 10.1 Å². The predicted molar refractivity (Wildman–Crippen MR) is 117 cm³/mol. The fourth-order valence-electron chi connectivity index (χ4n) is 3.14. The molecule has 0 aliphatic carbocycles. The van der Waals surface area contributed by atoms with Crippen molar-refractivity contribution in [1.82, 2.24) is 14.4 Å². The van der Waals surface area contributed by atoms with Crippen molar-refractivity contribution in [1.29, 1.82) is 0 Å². The van der Waals surface area contributed by atoms with Crippen molar-refractivity contribution < 1.29 is 9.72 Å². The minimum atomic E-state index is -0.452. The minimum absolute atomic E-state index is 0.00595. The van der Waals surface area contributed by atoms with Gasteiger partial charge in [0.25, 0.3) is 11.6 Å². The highest BCUT2D eigenvalue weighted by atomic mass is 32.1. The Morgan fingerprint density at radius 2 is 1.93 bits per heavy atom. The van der Waals surface area contributed by atoms with Crippen molar-refractivity contribution in [2.75, 3.05) is 5.32 Å². The number of nitrogens with one attached hydrogen (secondary N) is 1. The third-order valence-electron chi connectivity index (χ3n) is 4.64. The number of fused-ring (bicyclic) bond motifs is 2. The largest absolute Gasteiger partial charge is 0.297 e. The number of benzene rings is 2. The molecule has 0 saturated carbocycles. The highest BCUT2D eigenvalue weighted by Crippen LogP contribution is 2.31. The van der Waals surface area contributed by atoms with Crippen LogP contribution in [-0.4, -0.2) is 25.2 Å². The number of anilines is 1. The van der Waals surface area contributed by atoms with Crippen molar-refractivity contribution in [3.63, 3.8) is 0 Å². The predicted octanol–water partition coefficient (Wildman–Crippen LogP) is 5.14. The molecule has 0 bridgehead atoms. The lowest BCUT2D eigenvalue weighted by molar-refractivity contribution is -0.384. The standard InChI is InChI=1S/C20H13N5O3S2/c1-11-17(30-20-22-15(10-24(11)20)12-5-3-2-4-6-12)18(26)23-19-21-14-8-7-13(25(27)28)9-16(14)29-19/h2-10H,1H3,(H,21,23,26). The lowest BCUT2D eigenvalue weighted by Crippen LogP contribution is -2.11. The van der Waals surface area contributed by atoms with E-state index >= 15 is 0 Å². The van der Waals surface area contributed by atoms with Crippen molar-refractivity contribution in [2.24, 2.45) is 0 Å². The molecule has 3 heterocycles. The molecule has 1 N–H and O–H groups in total. The van der Waals surface area contributed by atoms with Crippen molar-refractivity contribution in [3.8, 4) is 11.3 Å². The average Bonchev–Trinajstić information content (AvgIpc) is 3.41. The second kappa shape index (κ2) is 7.01. The number of thiazole rings is 2. The van der Waals surface area contributed by atoms with E-state index in [1.54, 1.807) is 6.07 Å². The zero-order chi connectivity index (χ0) is 20.8. The Hall–Kier alpha value is -3.63. The summed E-state index contributed by atoms with van der Waals surface area (Å²) in [7, 11) is 0. The minimum Gasteiger partial charge on any atom is -0.297 e. The van der Waals surface area contributed by atoms with Gasteiger partial charge in [0.1, 0.15) is 4.88 Å². The maximum absolute atomic E-state index is 12.8. The summed E-state index contributed by atoms with van der Waals surface area (Å²) in [6.45, 7) is 1.87. The zero-order valence-corrected chi connectivity index (χ0v) is 17.2. The van der Waals surface area contributed by atoms with Crippen LogP contribution in [0.4, 0.5) is 10.8 Å². The highest BCUT2D eigenvalue weighted by molar-refractivity contribution is 7.22. The molecule has 0 fully saturated rings. The number of carbonyl (C=O) groups is 1. The third kappa shape index (κ3) is 3.11. The summed E-state index contributed by atoms with van der Waals surface area (Å²) in [5.41, 5.74) is 3.26. The number of aromatic nitrogens is 3. The summed E-state index contributed by atoms with van der Waals surface area (Å²) in [6, 6.07) is 14.3. The average molecular weight is 435 g/mol. The number of nitro benzene ring substituents is 1. The Bertz CT molecular complexity index is 1440. The molecule has 148 valence electrons. The van der Waals surface area contributed by atoms with Crippen LogP contribution in [-0.2, 0) is 0 Å². The zero-order valence-electron chi connectivity index (χ0n) is 15.5. The van der Waals surface area contributed by atoms with Gasteiger partial charge in [-0.1, -0.05) is 53.0 Å². The van der Waals surface area contributed by atoms with E-state index in [1.165, 1.54) is 34.8 Å². The molecule has 0 radical (unpaired) electrons. The van der Waals surface area contributed by atoms with Gasteiger partial charge in [-0.25, -0.2) is 9.97 Å². The number of rotatable bonds is 4. The summed E-state index contributed by atoms with van der Waals surface area (Å²) >= 11 is 2.51. The number of hydrogen-bond donors (Lipinski definition) is 1. The Labute approximate surface area is 177 Å². The first-order valence-electron chi connectivity index (χ1n) is 8.90. The lowest BCUT2D eigenvalue weighted by atomic mass is 10.2. The second-order valence-corrected chi connectivity index (χ2v) is 8.55. The van der Waals surface area contributed by atoms with Crippen molar-refractivity contribution in [3.05, 3.63) is 75.4 Å². The molecule has 0 saturated heterocycles. The van der Waals surface area contributed by atoms with Crippen LogP contribution in [0.3, 0.4) is 0 Å². The monoisotopic (exact) mass is 435 g/mol. The first-order valence-corrected chi connectivity index (χ1v) is 10.5. The van der Waals surface area contributed by atoms with Crippen LogP contribution in [0.2, 0.25) is 0 Å². The van der Waals surface area contributed by atoms with Crippen LogP contribution >= 0.6 is 22.7 Å². The fourth-order valence-corrected chi connectivity index (χ4v) is 5.04. The van der Waals surface area contributed by atoms with Gasteiger partial charge in [0, 0.05) is 29.6 Å². The van der Waals surface area contributed by atoms with E-state index in [1.807, 2.05) is 47.9 Å². The Kier molecular flexibility index (Phi) is 4.30. The molecule has 0 spiro atoms. The van der Waals surface area contributed by atoms with Crippen LogP contribution < -0.4 is 5.32 Å². The molecule has 0 unspecified atom stereocenters. The van der Waals surface area contributed by atoms with Gasteiger partial charge in [0.2, 0.25) is 0 Å². The first-order chi connectivity index (χ1) is 14.5. The van der Waals surface area contributed by atoms with Gasteiger partial charge in [-0.05, 0) is 13.0 Å². The summed E-state index contributed by atoms with van der Waals surface area (Å²) < 4.78 is 2.55. The van der Waals surface area contributed by atoms with E-state index < -0.39 is 4.92 Å². The molecule has 2 aromatic carbocycles. The first kappa shape index (κ1) is 18.4. The molecule has 0 atom stereocenters. The number of aryl methyl sites for hydroxylation is 1. The molecule has 0 aliphatic heterocycles. The number of carbonyl (C=O) groups excluding carboxylic acids is 1. The lowest BCUT2D eigenvalue weighted by Gasteiger charge is -2.00. The summed E-state index contributed by atoms with van der Waals surface area (Å²) in [4.78, 5) is 33.6. The van der Waals surface area contributed by atoms with Crippen molar-refractivity contribution in [2.45, 2.75) is 6.92 Å². The topological polar surface area (TPSA) is 102 Å². The second-order valence-electron chi connectivity index (χ2n) is 6.54. The van der Waals surface area contributed by atoms with E-state index in [2.05, 4.69) is 15.3 Å². The van der Waals surface area contributed by atoms with Gasteiger partial charge in [-0.15, -0.1) is 0 Å². The number of nitrogens with zero attached hydrogens (tertiary/aromatic N) is 4. The van der Waals surface area contributed by atoms with Gasteiger partial charge in [-0.2, -0.15) is 0 Å². The van der Waals surface area contributed by atoms with Crippen LogP contribution in [0, 0.1) is 17.0 Å². The molecule has 5 aromatic rings. The quantitative estimate of drug-likeness (QED) is 0.311. The van der Waals surface area contributed by atoms with Gasteiger partial charge in [0.05, 0.1) is 20.8 Å². The Morgan fingerprint density at radius 1 is 1.13 bits per heavy atom. The van der Waals surface area contributed by atoms with E-state index in [0.717, 1.165) is 21.9 Å². The smallest absolute Gasteiger partial charge is 0.270 e. The van der Waals surface area contributed by atoms with E-state index in [4.69, 9.17) is 0 Å². The van der Waals surface area contributed by atoms with Gasteiger partial charge in [-0.3, -0.25) is 24.6 Å². The highest BCUT2D eigenvalue weighted by Gasteiger charge is 2.20. The number of amides is 1. The number of imidazole rings is 1. The molecular formula is C20H13N5O3S2.